The minimum Gasteiger partial charge on any atom is -0.353 e. The Labute approximate surface area is 191 Å². The molecule has 1 aromatic heterocycles. The number of carbonyl (C=O) groups is 1. The highest BCUT2D eigenvalue weighted by Crippen LogP contribution is 2.26. The highest BCUT2D eigenvalue weighted by Gasteiger charge is 2.16. The van der Waals surface area contributed by atoms with Gasteiger partial charge in [-0.15, -0.1) is 10.2 Å². The van der Waals surface area contributed by atoms with E-state index < -0.39 is 6.03 Å². The van der Waals surface area contributed by atoms with Crippen LogP contribution in [0.4, 0.5) is 22.0 Å². The maximum Gasteiger partial charge on any atom is 0.323 e. The molecule has 1 aliphatic heterocycles. The number of rotatable bonds is 4. The van der Waals surface area contributed by atoms with Gasteiger partial charge in [0.05, 0.1) is 16.4 Å². The number of anilines is 3. The molecule has 2 N–H and O–H groups in total. The van der Waals surface area contributed by atoms with Gasteiger partial charge in [-0.05, 0) is 49.5 Å². The summed E-state index contributed by atoms with van der Waals surface area (Å²) in [7, 11) is 2.12. The smallest absolute Gasteiger partial charge is 0.323 e. The van der Waals surface area contributed by atoms with Gasteiger partial charge in [-0.1, -0.05) is 35.3 Å². The number of hydrogen-bond acceptors (Lipinski definition) is 5. The number of amides is 2. The zero-order chi connectivity index (χ0) is 21.8. The van der Waals surface area contributed by atoms with Crippen LogP contribution in [0.1, 0.15) is 0 Å². The topological polar surface area (TPSA) is 73.4 Å². The summed E-state index contributed by atoms with van der Waals surface area (Å²) in [6.07, 6.45) is 0. The molecular formula is C22H22Cl2N6O. The molecule has 31 heavy (non-hydrogen) atoms. The van der Waals surface area contributed by atoms with Crippen molar-refractivity contribution in [3.8, 4) is 11.3 Å². The molecule has 0 saturated carbocycles. The van der Waals surface area contributed by atoms with Crippen molar-refractivity contribution in [2.45, 2.75) is 0 Å². The third-order valence-corrected chi connectivity index (χ3v) is 5.62. The number of aromatic nitrogens is 2. The molecular weight excluding hydrogens is 435 g/mol. The van der Waals surface area contributed by atoms with Gasteiger partial charge in [0.15, 0.2) is 5.82 Å². The van der Waals surface area contributed by atoms with Crippen molar-refractivity contribution in [2.24, 2.45) is 0 Å². The number of carbonyl (C=O) groups excluding carboxylic acids is 1. The zero-order valence-corrected chi connectivity index (χ0v) is 18.5. The molecule has 2 amide bonds. The van der Waals surface area contributed by atoms with Gasteiger partial charge in [-0.25, -0.2) is 4.79 Å². The lowest BCUT2D eigenvalue weighted by Gasteiger charge is -2.32. The molecule has 2 heterocycles. The second-order valence-electron chi connectivity index (χ2n) is 7.35. The first-order chi connectivity index (χ1) is 15.0. The van der Waals surface area contributed by atoms with Gasteiger partial charge in [0.1, 0.15) is 0 Å². The van der Waals surface area contributed by atoms with E-state index in [9.17, 15) is 4.79 Å². The van der Waals surface area contributed by atoms with Gasteiger partial charge in [-0.2, -0.15) is 0 Å². The van der Waals surface area contributed by atoms with Crippen molar-refractivity contribution in [3.05, 3.63) is 64.6 Å². The van der Waals surface area contributed by atoms with Crippen LogP contribution >= 0.6 is 23.2 Å². The van der Waals surface area contributed by atoms with Gasteiger partial charge < -0.3 is 20.4 Å². The van der Waals surface area contributed by atoms with E-state index in [0.29, 0.717) is 21.4 Å². The Hall–Kier alpha value is -2.87. The van der Waals surface area contributed by atoms with Crippen molar-refractivity contribution >= 4 is 46.4 Å². The van der Waals surface area contributed by atoms with E-state index in [4.69, 9.17) is 23.2 Å². The third-order valence-electron chi connectivity index (χ3n) is 5.07. The molecule has 0 atom stereocenters. The second kappa shape index (κ2) is 9.51. The lowest BCUT2D eigenvalue weighted by molar-refractivity contribution is 0.262. The maximum absolute atomic E-state index is 12.4. The van der Waals surface area contributed by atoms with Crippen LogP contribution in [0, 0.1) is 0 Å². The first kappa shape index (κ1) is 21.4. The Morgan fingerprint density at radius 3 is 2.45 bits per heavy atom. The van der Waals surface area contributed by atoms with E-state index in [1.54, 1.807) is 24.3 Å². The van der Waals surface area contributed by atoms with Crippen molar-refractivity contribution in [1.82, 2.24) is 15.1 Å². The molecule has 4 rings (SSSR count). The van der Waals surface area contributed by atoms with Crippen LogP contribution in [-0.2, 0) is 0 Å². The minimum atomic E-state index is -0.405. The monoisotopic (exact) mass is 456 g/mol. The van der Waals surface area contributed by atoms with Crippen molar-refractivity contribution < 1.29 is 4.79 Å². The Morgan fingerprint density at radius 2 is 1.74 bits per heavy atom. The standard InChI is InChI=1S/C22H22Cl2N6O/c1-29-9-11-30(12-10-29)21-8-7-19(27-28-21)15-3-2-4-17(13-15)25-22(31)26-20-6-5-16(23)14-18(20)24/h2-8,13-14H,9-12H2,1H3,(H2,25,26,31). The van der Waals surface area contributed by atoms with E-state index in [1.165, 1.54) is 0 Å². The Bertz CT molecular complexity index is 1070. The fourth-order valence-electron chi connectivity index (χ4n) is 3.32. The number of hydrogen-bond donors (Lipinski definition) is 2. The maximum atomic E-state index is 12.4. The molecule has 0 unspecified atom stereocenters. The van der Waals surface area contributed by atoms with E-state index in [2.05, 4.69) is 37.7 Å². The molecule has 9 heteroatoms. The van der Waals surface area contributed by atoms with Crippen LogP contribution in [0.3, 0.4) is 0 Å². The van der Waals surface area contributed by atoms with E-state index >= 15 is 0 Å². The zero-order valence-electron chi connectivity index (χ0n) is 17.0. The third kappa shape index (κ3) is 5.44. The minimum absolute atomic E-state index is 0.368. The van der Waals surface area contributed by atoms with Crippen LogP contribution in [0.15, 0.2) is 54.6 Å². The van der Waals surface area contributed by atoms with Crippen molar-refractivity contribution in [3.63, 3.8) is 0 Å². The summed E-state index contributed by atoms with van der Waals surface area (Å²) in [5, 5.41) is 15.2. The van der Waals surface area contributed by atoms with Crippen molar-refractivity contribution in [1.29, 1.82) is 0 Å². The van der Waals surface area contributed by atoms with E-state index in [1.807, 2.05) is 30.3 Å². The highest BCUT2D eigenvalue weighted by molar-refractivity contribution is 6.36. The number of likely N-dealkylation sites (N-methyl/N-ethyl adjacent to an activating group) is 1. The molecule has 1 aliphatic rings. The predicted molar refractivity (Wildman–Crippen MR) is 126 cm³/mol. The fraction of sp³-hybridized carbons (Fsp3) is 0.227. The SMILES string of the molecule is CN1CCN(c2ccc(-c3cccc(NC(=O)Nc4ccc(Cl)cc4Cl)c3)nn2)CC1. The summed E-state index contributed by atoms with van der Waals surface area (Å²) in [6.45, 7) is 3.91. The van der Waals surface area contributed by atoms with Crippen LogP contribution < -0.4 is 15.5 Å². The van der Waals surface area contributed by atoms with Gasteiger partial charge >= 0.3 is 6.03 Å². The number of halogens is 2. The quantitative estimate of drug-likeness (QED) is 0.586. The first-order valence-corrected chi connectivity index (χ1v) is 10.6. The summed E-state index contributed by atoms with van der Waals surface area (Å²) >= 11 is 12.0. The van der Waals surface area contributed by atoms with Crippen LogP contribution in [0.25, 0.3) is 11.3 Å². The van der Waals surface area contributed by atoms with E-state index in [0.717, 1.165) is 43.3 Å². The molecule has 0 aliphatic carbocycles. The van der Waals surface area contributed by atoms with Gasteiger partial charge in [0.2, 0.25) is 0 Å². The Morgan fingerprint density at radius 1 is 0.935 bits per heavy atom. The number of urea groups is 1. The Kier molecular flexibility index (Phi) is 6.56. The Balaban J connectivity index is 1.42. The average molecular weight is 457 g/mol. The summed E-state index contributed by atoms with van der Waals surface area (Å²) < 4.78 is 0. The van der Waals surface area contributed by atoms with Gasteiger partial charge in [-0.3, -0.25) is 0 Å². The van der Waals surface area contributed by atoms with Crippen LogP contribution in [0.2, 0.25) is 10.0 Å². The number of piperazine rings is 1. The highest BCUT2D eigenvalue weighted by atomic mass is 35.5. The molecule has 1 fully saturated rings. The largest absolute Gasteiger partial charge is 0.353 e. The molecule has 0 radical (unpaired) electrons. The molecule has 1 saturated heterocycles. The molecule has 0 bridgehead atoms. The summed E-state index contributed by atoms with van der Waals surface area (Å²) in [6, 6.07) is 15.9. The average Bonchev–Trinajstić information content (AvgIpc) is 2.77. The van der Waals surface area contributed by atoms with Crippen molar-refractivity contribution in [2.75, 3.05) is 48.8 Å². The van der Waals surface area contributed by atoms with Crippen LogP contribution in [-0.4, -0.2) is 54.4 Å². The summed E-state index contributed by atoms with van der Waals surface area (Å²) in [4.78, 5) is 16.9. The molecule has 7 nitrogen and oxygen atoms in total. The second-order valence-corrected chi connectivity index (χ2v) is 8.19. The molecule has 3 aromatic rings. The van der Waals surface area contributed by atoms with Crippen LogP contribution in [0.5, 0.6) is 0 Å². The lowest BCUT2D eigenvalue weighted by atomic mass is 10.1. The lowest BCUT2D eigenvalue weighted by Crippen LogP contribution is -2.44. The number of benzene rings is 2. The first-order valence-electron chi connectivity index (χ1n) is 9.89. The fourth-order valence-corrected chi connectivity index (χ4v) is 3.77. The summed E-state index contributed by atoms with van der Waals surface area (Å²) in [5.74, 6) is 0.880. The number of nitrogens with zero attached hydrogens (tertiary/aromatic N) is 4. The number of nitrogens with one attached hydrogen (secondary N) is 2. The van der Waals surface area contributed by atoms with E-state index in [-0.39, 0.29) is 0 Å². The molecule has 2 aromatic carbocycles. The summed E-state index contributed by atoms with van der Waals surface area (Å²) in [5.41, 5.74) is 2.71. The van der Waals surface area contributed by atoms with Gasteiger partial charge in [0, 0.05) is 42.5 Å². The van der Waals surface area contributed by atoms with Gasteiger partial charge in [0.25, 0.3) is 0 Å². The molecule has 160 valence electrons. The molecule has 0 spiro atoms. The normalized spacial score (nSPS) is 14.4. The predicted octanol–water partition coefficient (Wildman–Crippen LogP) is 4.85.